The minimum absolute atomic E-state index is 0.0132. The number of halogens is 1. The largest absolute Gasteiger partial charge is 0.507 e. The lowest BCUT2D eigenvalue weighted by Gasteiger charge is -2.11. The van der Waals surface area contributed by atoms with Crippen molar-refractivity contribution in [3.8, 4) is 22.9 Å². The molecule has 1 amide bonds. The molecule has 0 unspecified atom stereocenters. The summed E-state index contributed by atoms with van der Waals surface area (Å²) in [6.07, 6.45) is 0.0132. The molecule has 2 N–H and O–H groups in total. The molecule has 1 aliphatic rings. The molecule has 0 fully saturated rings. The molecule has 0 aliphatic carbocycles. The van der Waals surface area contributed by atoms with Crippen molar-refractivity contribution in [1.82, 2.24) is 0 Å². The number of carbonyl (C=O) groups excluding carboxylic acids is 1. The highest BCUT2D eigenvalue weighted by Gasteiger charge is 2.20. The molecule has 28 heavy (non-hydrogen) atoms. The van der Waals surface area contributed by atoms with Gasteiger partial charge < -0.3 is 10.4 Å². The van der Waals surface area contributed by atoms with Crippen molar-refractivity contribution in [3.05, 3.63) is 77.6 Å². The van der Waals surface area contributed by atoms with Gasteiger partial charge in [-0.3, -0.25) is 4.79 Å². The number of hydrogen-bond donors (Lipinski definition) is 2. The minimum atomic E-state index is -0.477. The van der Waals surface area contributed by atoms with Crippen LogP contribution in [-0.4, -0.2) is 16.7 Å². The Morgan fingerprint density at radius 2 is 1.89 bits per heavy atom. The van der Waals surface area contributed by atoms with Gasteiger partial charge in [0.15, 0.2) is 0 Å². The van der Waals surface area contributed by atoms with Crippen molar-refractivity contribution in [2.45, 2.75) is 6.42 Å². The molecule has 0 saturated heterocycles. The normalized spacial score (nSPS) is 13.0. The van der Waals surface area contributed by atoms with Gasteiger partial charge in [0.05, 0.1) is 35.1 Å². The molecular weight excluding hydrogens is 357 g/mol. The zero-order chi connectivity index (χ0) is 19.7. The molecular formula is C22H14FN3O2. The average molecular weight is 371 g/mol. The molecule has 0 bridgehead atoms. The topological polar surface area (TPSA) is 85.5 Å². The zero-order valence-corrected chi connectivity index (χ0v) is 14.6. The monoisotopic (exact) mass is 371 g/mol. The van der Waals surface area contributed by atoms with E-state index in [1.165, 1.54) is 18.2 Å². The SMILES string of the molecule is N#Cc1cccc(C2=Nc3cc(O)c(-c4ccccc4F)cc3NC(=O)C2)c1. The summed E-state index contributed by atoms with van der Waals surface area (Å²) in [6, 6.07) is 17.9. The first-order valence-electron chi connectivity index (χ1n) is 8.55. The lowest BCUT2D eigenvalue weighted by Crippen LogP contribution is -2.15. The van der Waals surface area contributed by atoms with Crippen molar-refractivity contribution in [1.29, 1.82) is 5.26 Å². The first kappa shape index (κ1) is 17.4. The van der Waals surface area contributed by atoms with Crippen molar-refractivity contribution >= 4 is 23.0 Å². The Kier molecular flexibility index (Phi) is 4.34. The van der Waals surface area contributed by atoms with Crippen LogP contribution in [0.3, 0.4) is 0 Å². The van der Waals surface area contributed by atoms with Gasteiger partial charge in [-0.1, -0.05) is 30.3 Å². The number of nitriles is 1. The van der Waals surface area contributed by atoms with Gasteiger partial charge in [0.25, 0.3) is 0 Å². The van der Waals surface area contributed by atoms with Gasteiger partial charge in [-0.15, -0.1) is 0 Å². The second-order valence-corrected chi connectivity index (χ2v) is 6.34. The van der Waals surface area contributed by atoms with Crippen LogP contribution in [0, 0.1) is 17.1 Å². The molecule has 0 aromatic heterocycles. The fourth-order valence-electron chi connectivity index (χ4n) is 3.13. The molecule has 0 atom stereocenters. The van der Waals surface area contributed by atoms with Crippen LogP contribution in [0.15, 0.2) is 65.7 Å². The van der Waals surface area contributed by atoms with E-state index in [0.717, 1.165) is 0 Å². The van der Waals surface area contributed by atoms with Crippen LogP contribution in [0.5, 0.6) is 5.75 Å². The van der Waals surface area contributed by atoms with E-state index in [1.807, 2.05) is 0 Å². The zero-order valence-electron chi connectivity index (χ0n) is 14.6. The van der Waals surface area contributed by atoms with E-state index >= 15 is 0 Å². The van der Waals surface area contributed by atoms with E-state index < -0.39 is 5.82 Å². The first-order valence-corrected chi connectivity index (χ1v) is 8.55. The molecule has 1 aliphatic heterocycles. The highest BCUT2D eigenvalue weighted by molar-refractivity contribution is 6.17. The maximum atomic E-state index is 14.1. The van der Waals surface area contributed by atoms with Gasteiger partial charge in [0, 0.05) is 17.2 Å². The number of anilines is 1. The van der Waals surface area contributed by atoms with E-state index in [0.29, 0.717) is 28.2 Å². The summed E-state index contributed by atoms with van der Waals surface area (Å²) in [7, 11) is 0. The van der Waals surface area contributed by atoms with Gasteiger partial charge in [-0.25, -0.2) is 9.38 Å². The lowest BCUT2D eigenvalue weighted by molar-refractivity contribution is -0.115. The number of rotatable bonds is 2. The molecule has 0 spiro atoms. The standard InChI is InChI=1S/C22H14FN3O2/c23-17-7-2-1-6-15(17)16-9-19-20(10-21(16)27)25-18(11-22(28)26-19)14-5-3-4-13(8-14)12-24/h1-10,27H,11H2,(H,26,28). The van der Waals surface area contributed by atoms with E-state index in [2.05, 4.69) is 16.4 Å². The molecule has 3 aromatic rings. The second-order valence-electron chi connectivity index (χ2n) is 6.34. The summed E-state index contributed by atoms with van der Waals surface area (Å²) < 4.78 is 14.1. The Hall–Kier alpha value is -3.98. The number of phenolic OH excluding ortho intramolecular Hbond substituents is 1. The van der Waals surface area contributed by atoms with Crippen molar-refractivity contribution in [2.75, 3.05) is 5.32 Å². The van der Waals surface area contributed by atoms with Gasteiger partial charge in [0.1, 0.15) is 11.6 Å². The number of aromatic hydroxyl groups is 1. The quantitative estimate of drug-likeness (QED) is 0.649. The van der Waals surface area contributed by atoms with Crippen LogP contribution >= 0.6 is 0 Å². The molecule has 1 heterocycles. The Morgan fingerprint density at radius 3 is 2.68 bits per heavy atom. The number of aliphatic imine (C=N–C) groups is 1. The summed E-state index contributed by atoms with van der Waals surface area (Å²) in [4.78, 5) is 16.9. The van der Waals surface area contributed by atoms with Gasteiger partial charge in [0.2, 0.25) is 5.91 Å². The Balaban J connectivity index is 1.85. The second kappa shape index (κ2) is 6.97. The molecule has 0 radical (unpaired) electrons. The summed E-state index contributed by atoms with van der Waals surface area (Å²) in [5.41, 5.74) is 2.83. The maximum Gasteiger partial charge on any atom is 0.230 e. The molecule has 0 saturated carbocycles. The van der Waals surface area contributed by atoms with Crippen molar-refractivity contribution in [2.24, 2.45) is 4.99 Å². The Labute approximate surface area is 160 Å². The summed E-state index contributed by atoms with van der Waals surface area (Å²) >= 11 is 0. The van der Waals surface area contributed by atoms with Crippen LogP contribution in [0.1, 0.15) is 17.5 Å². The number of nitrogens with zero attached hydrogens (tertiary/aromatic N) is 2. The van der Waals surface area contributed by atoms with Crippen molar-refractivity contribution < 1.29 is 14.3 Å². The number of amides is 1. The predicted octanol–water partition coefficient (Wildman–Crippen LogP) is 4.53. The van der Waals surface area contributed by atoms with E-state index in [1.54, 1.807) is 42.5 Å². The number of carbonyl (C=O) groups is 1. The van der Waals surface area contributed by atoms with Crippen LogP contribution in [0.25, 0.3) is 11.1 Å². The summed E-state index contributed by atoms with van der Waals surface area (Å²) in [5, 5.41) is 22.3. The van der Waals surface area contributed by atoms with Crippen molar-refractivity contribution in [3.63, 3.8) is 0 Å². The molecule has 6 heteroatoms. The van der Waals surface area contributed by atoms with Crippen LogP contribution in [0.2, 0.25) is 0 Å². The highest BCUT2D eigenvalue weighted by atomic mass is 19.1. The third-order valence-electron chi connectivity index (χ3n) is 4.46. The lowest BCUT2D eigenvalue weighted by atomic mass is 10.0. The number of hydrogen-bond acceptors (Lipinski definition) is 4. The first-order chi connectivity index (χ1) is 13.5. The number of benzene rings is 3. The predicted molar refractivity (Wildman–Crippen MR) is 104 cm³/mol. The molecule has 4 rings (SSSR count). The number of phenols is 1. The van der Waals surface area contributed by atoms with E-state index in [4.69, 9.17) is 5.26 Å². The fourth-order valence-corrected chi connectivity index (χ4v) is 3.13. The summed E-state index contributed by atoms with van der Waals surface area (Å²) in [6.45, 7) is 0. The average Bonchev–Trinajstić information content (AvgIpc) is 2.86. The van der Waals surface area contributed by atoms with E-state index in [9.17, 15) is 14.3 Å². The third kappa shape index (κ3) is 3.21. The van der Waals surface area contributed by atoms with Crippen LogP contribution < -0.4 is 5.32 Å². The maximum absolute atomic E-state index is 14.1. The van der Waals surface area contributed by atoms with Crippen LogP contribution in [0.4, 0.5) is 15.8 Å². The highest BCUT2D eigenvalue weighted by Crippen LogP contribution is 2.40. The smallest absolute Gasteiger partial charge is 0.230 e. The number of nitrogens with one attached hydrogen (secondary N) is 1. The Morgan fingerprint density at radius 1 is 1.07 bits per heavy atom. The molecule has 5 nitrogen and oxygen atoms in total. The molecule has 136 valence electrons. The van der Waals surface area contributed by atoms with Crippen LogP contribution in [-0.2, 0) is 4.79 Å². The summed E-state index contributed by atoms with van der Waals surface area (Å²) in [5.74, 6) is -0.908. The van der Waals surface area contributed by atoms with Gasteiger partial charge in [-0.05, 0) is 29.8 Å². The van der Waals surface area contributed by atoms with E-state index in [-0.39, 0.29) is 29.2 Å². The molecule has 3 aromatic carbocycles. The fraction of sp³-hybridized carbons (Fsp3) is 0.0455. The third-order valence-corrected chi connectivity index (χ3v) is 4.46. The van der Waals surface area contributed by atoms with Gasteiger partial charge >= 0.3 is 0 Å². The number of fused-ring (bicyclic) bond motifs is 1. The Bertz CT molecular complexity index is 1180. The minimum Gasteiger partial charge on any atom is -0.507 e. The van der Waals surface area contributed by atoms with Gasteiger partial charge in [-0.2, -0.15) is 5.26 Å².